The van der Waals surface area contributed by atoms with Gasteiger partial charge >= 0.3 is 6.16 Å². The van der Waals surface area contributed by atoms with Crippen LogP contribution >= 0.6 is 0 Å². The molecule has 0 N–H and O–H groups in total. The number of hydrogen-bond acceptors (Lipinski definition) is 5. The Hall–Kier alpha value is -0.200. The van der Waals surface area contributed by atoms with Gasteiger partial charge in [-0.3, -0.25) is 0 Å². The van der Waals surface area contributed by atoms with Crippen molar-refractivity contribution in [3.05, 3.63) is 0 Å². The first-order valence-corrected chi connectivity index (χ1v) is 8.40. The molecule has 4 aliphatic rings. The molecule has 0 bridgehead atoms. The van der Waals surface area contributed by atoms with Crippen molar-refractivity contribution in [1.82, 2.24) is 0 Å². The minimum absolute atomic E-state index is 0.106. The van der Waals surface area contributed by atoms with Crippen LogP contribution in [0.4, 0.5) is 0 Å². The molecule has 0 aromatic heterocycles. The lowest BCUT2D eigenvalue weighted by molar-refractivity contribution is -0.542. The summed E-state index contributed by atoms with van der Waals surface area (Å²) in [6.07, 6.45) is 4.25. The molecule has 3 atom stereocenters. The smallest absolute Gasteiger partial charge is 0.369 e. The lowest BCUT2D eigenvalue weighted by Crippen LogP contribution is -2.56. The first-order valence-electron chi connectivity index (χ1n) is 8.40. The molecule has 1 aliphatic carbocycles. The Bertz CT molecular complexity index is 374. The Morgan fingerprint density at radius 2 is 1.57 bits per heavy atom. The fourth-order valence-corrected chi connectivity index (χ4v) is 3.94. The minimum Gasteiger partial charge on any atom is -0.369 e. The summed E-state index contributed by atoms with van der Waals surface area (Å²) in [5.74, 6) is 0.991. The second kappa shape index (κ2) is 5.17. The van der Waals surface area contributed by atoms with E-state index in [4.69, 9.17) is 23.7 Å². The Labute approximate surface area is 126 Å². The van der Waals surface area contributed by atoms with Gasteiger partial charge in [0, 0.05) is 11.3 Å². The van der Waals surface area contributed by atoms with Crippen molar-refractivity contribution < 1.29 is 23.7 Å². The van der Waals surface area contributed by atoms with Gasteiger partial charge in [0.05, 0.1) is 38.6 Å². The van der Waals surface area contributed by atoms with Crippen LogP contribution in [-0.2, 0) is 23.7 Å². The Morgan fingerprint density at radius 3 is 2.05 bits per heavy atom. The van der Waals surface area contributed by atoms with Crippen molar-refractivity contribution in [1.29, 1.82) is 0 Å². The number of epoxide rings is 1. The van der Waals surface area contributed by atoms with Crippen LogP contribution in [0.15, 0.2) is 0 Å². The lowest BCUT2D eigenvalue weighted by atomic mass is 9.84. The molecular weight excluding hydrogens is 272 g/mol. The molecule has 1 spiro atoms. The first kappa shape index (κ1) is 14.4. The predicted octanol–water partition coefficient (Wildman–Crippen LogP) is 2.29. The molecule has 120 valence electrons. The van der Waals surface area contributed by atoms with Gasteiger partial charge in [0.2, 0.25) is 0 Å². The summed E-state index contributed by atoms with van der Waals surface area (Å²) in [4.78, 5) is 0. The molecule has 0 aromatic carbocycles. The normalized spacial score (nSPS) is 41.1. The lowest BCUT2D eigenvalue weighted by Gasteiger charge is -2.47. The number of fused-ring (bicyclic) bond motifs is 1. The zero-order chi connectivity index (χ0) is 14.5. The first-order chi connectivity index (χ1) is 10.2. The largest absolute Gasteiger partial charge is 0.412 e. The maximum Gasteiger partial charge on any atom is 0.412 e. The van der Waals surface area contributed by atoms with Crippen molar-refractivity contribution in [3.63, 3.8) is 0 Å². The second-order valence-corrected chi connectivity index (χ2v) is 7.05. The van der Waals surface area contributed by atoms with Crippen molar-refractivity contribution in [3.8, 4) is 0 Å². The third-order valence-corrected chi connectivity index (χ3v) is 5.99. The molecule has 0 aromatic rings. The Balaban J connectivity index is 1.33. The van der Waals surface area contributed by atoms with E-state index in [1.807, 2.05) is 0 Å². The van der Waals surface area contributed by atoms with Crippen LogP contribution in [0, 0.1) is 17.3 Å². The monoisotopic (exact) mass is 298 g/mol. The highest BCUT2D eigenvalue weighted by atomic mass is 17.0. The summed E-state index contributed by atoms with van der Waals surface area (Å²) in [5.41, 5.74) is 0.106. The Morgan fingerprint density at radius 1 is 0.905 bits per heavy atom. The number of hydrogen-bond donors (Lipinski definition) is 0. The zero-order valence-corrected chi connectivity index (χ0v) is 13.0. The number of rotatable bonds is 3. The van der Waals surface area contributed by atoms with E-state index in [1.165, 1.54) is 12.8 Å². The second-order valence-electron chi connectivity index (χ2n) is 7.05. The highest BCUT2D eigenvalue weighted by Crippen LogP contribution is 2.48. The van der Waals surface area contributed by atoms with Crippen molar-refractivity contribution in [2.75, 3.05) is 26.4 Å². The average Bonchev–Trinajstić information content (AvgIpc) is 3.21. The van der Waals surface area contributed by atoms with Gasteiger partial charge in [-0.05, 0) is 31.6 Å². The van der Waals surface area contributed by atoms with Crippen molar-refractivity contribution in [2.45, 2.75) is 57.9 Å². The van der Waals surface area contributed by atoms with Crippen LogP contribution in [0.5, 0.6) is 0 Å². The van der Waals surface area contributed by atoms with E-state index in [9.17, 15) is 0 Å². The molecule has 0 radical (unpaired) electrons. The summed E-state index contributed by atoms with van der Waals surface area (Å²) in [6.45, 7) is 6.92. The molecule has 4 rings (SSSR count). The highest BCUT2D eigenvalue weighted by Gasteiger charge is 2.55. The average molecular weight is 298 g/mol. The SMILES string of the molecule is CCC1(CC)COC2(OCC(C3CCC4OC43)CO2)OC1. The van der Waals surface area contributed by atoms with E-state index >= 15 is 0 Å². The zero-order valence-electron chi connectivity index (χ0n) is 13.0. The minimum atomic E-state index is -1.24. The van der Waals surface area contributed by atoms with E-state index in [1.54, 1.807) is 0 Å². The van der Waals surface area contributed by atoms with Gasteiger partial charge in [-0.2, -0.15) is 0 Å². The van der Waals surface area contributed by atoms with E-state index in [2.05, 4.69) is 13.8 Å². The Kier molecular flexibility index (Phi) is 3.54. The summed E-state index contributed by atoms with van der Waals surface area (Å²) in [5, 5.41) is 0. The van der Waals surface area contributed by atoms with E-state index in [0.717, 1.165) is 12.8 Å². The van der Waals surface area contributed by atoms with E-state index in [-0.39, 0.29) is 5.41 Å². The molecule has 0 amide bonds. The standard InChI is InChI=1S/C16H26O5/c1-3-15(4-2)9-19-16(20-10-15)17-7-11(8-18-16)12-5-6-13-14(12)21-13/h11-14H,3-10H2,1-2H3. The van der Waals surface area contributed by atoms with Gasteiger partial charge in [0.1, 0.15) is 0 Å². The van der Waals surface area contributed by atoms with Gasteiger partial charge in [-0.25, -0.2) is 0 Å². The molecule has 5 nitrogen and oxygen atoms in total. The molecule has 3 saturated heterocycles. The molecule has 5 heteroatoms. The van der Waals surface area contributed by atoms with E-state index < -0.39 is 6.16 Å². The summed E-state index contributed by atoms with van der Waals surface area (Å²) >= 11 is 0. The van der Waals surface area contributed by atoms with Gasteiger partial charge in [0.15, 0.2) is 0 Å². The maximum atomic E-state index is 5.86. The summed E-state index contributed by atoms with van der Waals surface area (Å²) in [7, 11) is 0. The quantitative estimate of drug-likeness (QED) is 0.748. The molecule has 21 heavy (non-hydrogen) atoms. The van der Waals surface area contributed by atoms with Crippen LogP contribution in [0.2, 0.25) is 0 Å². The topological polar surface area (TPSA) is 49.5 Å². The molecule has 1 saturated carbocycles. The molecule has 3 aliphatic heterocycles. The highest BCUT2D eigenvalue weighted by molar-refractivity contribution is 5.00. The van der Waals surface area contributed by atoms with Crippen LogP contribution in [-0.4, -0.2) is 44.8 Å². The van der Waals surface area contributed by atoms with Crippen molar-refractivity contribution >= 4 is 0 Å². The van der Waals surface area contributed by atoms with Gasteiger partial charge < -0.3 is 23.7 Å². The van der Waals surface area contributed by atoms with Crippen LogP contribution in [0.1, 0.15) is 39.5 Å². The van der Waals surface area contributed by atoms with Gasteiger partial charge in [-0.15, -0.1) is 0 Å². The summed E-state index contributed by atoms with van der Waals surface area (Å²) < 4.78 is 29.1. The third kappa shape index (κ3) is 2.43. The fraction of sp³-hybridized carbons (Fsp3) is 1.00. The van der Waals surface area contributed by atoms with Gasteiger partial charge in [0.25, 0.3) is 0 Å². The van der Waals surface area contributed by atoms with Crippen LogP contribution < -0.4 is 0 Å². The van der Waals surface area contributed by atoms with Crippen LogP contribution in [0.25, 0.3) is 0 Å². The third-order valence-electron chi connectivity index (χ3n) is 5.99. The van der Waals surface area contributed by atoms with Gasteiger partial charge in [-0.1, -0.05) is 13.8 Å². The molecule has 3 heterocycles. The number of ether oxygens (including phenoxy) is 5. The molecule has 3 unspecified atom stereocenters. The fourth-order valence-electron chi connectivity index (χ4n) is 3.94. The van der Waals surface area contributed by atoms with E-state index in [0.29, 0.717) is 50.5 Å². The summed E-state index contributed by atoms with van der Waals surface area (Å²) in [6, 6.07) is 0. The maximum absolute atomic E-state index is 5.86. The molecular formula is C16H26O5. The van der Waals surface area contributed by atoms with Crippen molar-refractivity contribution in [2.24, 2.45) is 17.3 Å². The predicted molar refractivity (Wildman–Crippen MR) is 74.4 cm³/mol. The molecule has 4 fully saturated rings. The van der Waals surface area contributed by atoms with Crippen LogP contribution in [0.3, 0.4) is 0 Å².